The molecule has 1 saturated carbocycles. The van der Waals surface area contributed by atoms with Crippen LogP contribution < -0.4 is 0 Å². The molecular weight excluding hydrogens is 167 g/mol. The fourth-order valence-electron chi connectivity index (χ4n) is 2.48. The summed E-state index contributed by atoms with van der Waals surface area (Å²) >= 11 is 0. The van der Waals surface area contributed by atoms with Crippen molar-refractivity contribution >= 4 is 7.85 Å². The Morgan fingerprint density at radius 1 is 1.07 bits per heavy atom. The number of hydrogen-bond acceptors (Lipinski definition) is 0. The van der Waals surface area contributed by atoms with Crippen LogP contribution in [0.2, 0.25) is 5.31 Å². The summed E-state index contributed by atoms with van der Waals surface area (Å²) in [5, 5.41) is 0.158. The van der Waals surface area contributed by atoms with Gasteiger partial charge in [-0.05, 0) is 5.92 Å². The second-order valence-corrected chi connectivity index (χ2v) is 5.31. The molecule has 80 valence electrons. The van der Waals surface area contributed by atoms with Crippen LogP contribution in [0, 0.1) is 5.92 Å². The zero-order valence-electron chi connectivity index (χ0n) is 10.0. The van der Waals surface area contributed by atoms with Crippen LogP contribution in [-0.2, 0) is 0 Å². The van der Waals surface area contributed by atoms with Crippen molar-refractivity contribution in [2.24, 2.45) is 5.92 Å². The molecule has 0 nitrogen and oxygen atoms in total. The summed E-state index contributed by atoms with van der Waals surface area (Å²) in [4.78, 5) is 0. The van der Waals surface area contributed by atoms with E-state index in [0.29, 0.717) is 0 Å². The van der Waals surface area contributed by atoms with Gasteiger partial charge in [-0.2, -0.15) is 0 Å². The van der Waals surface area contributed by atoms with Crippen LogP contribution in [0.1, 0.15) is 71.6 Å². The Kier molecular flexibility index (Phi) is 5.05. The van der Waals surface area contributed by atoms with Crippen molar-refractivity contribution in [1.82, 2.24) is 0 Å². The highest BCUT2D eigenvalue weighted by molar-refractivity contribution is 6.15. The molecule has 0 aliphatic heterocycles. The minimum Gasteiger partial charge on any atom is -0.0663 e. The fourth-order valence-corrected chi connectivity index (χ4v) is 2.48. The van der Waals surface area contributed by atoms with Gasteiger partial charge in [0.15, 0.2) is 0 Å². The average molecular weight is 192 g/mol. The monoisotopic (exact) mass is 192 g/mol. The third kappa shape index (κ3) is 4.06. The maximum atomic E-state index is 6.41. The van der Waals surface area contributed by atoms with E-state index in [9.17, 15) is 0 Å². The van der Waals surface area contributed by atoms with E-state index in [4.69, 9.17) is 7.85 Å². The van der Waals surface area contributed by atoms with E-state index in [-0.39, 0.29) is 5.31 Å². The van der Waals surface area contributed by atoms with E-state index in [1.54, 1.807) is 0 Å². The largest absolute Gasteiger partial charge is 0.0746 e. The van der Waals surface area contributed by atoms with Crippen LogP contribution in [0.5, 0.6) is 0 Å². The molecule has 2 radical (unpaired) electrons. The van der Waals surface area contributed by atoms with Crippen molar-refractivity contribution in [2.75, 3.05) is 0 Å². The van der Waals surface area contributed by atoms with Gasteiger partial charge >= 0.3 is 0 Å². The molecule has 14 heavy (non-hydrogen) atoms. The molecular formula is C13H25B. The Labute approximate surface area is 91.3 Å². The third-order valence-electron chi connectivity index (χ3n) is 3.96. The topological polar surface area (TPSA) is 0 Å². The molecule has 1 rings (SSSR count). The zero-order valence-corrected chi connectivity index (χ0v) is 10.0. The maximum absolute atomic E-state index is 6.41. The van der Waals surface area contributed by atoms with Crippen LogP contribution in [0.25, 0.3) is 0 Å². The van der Waals surface area contributed by atoms with Gasteiger partial charge in [-0.15, -0.1) is 0 Å². The van der Waals surface area contributed by atoms with Crippen LogP contribution in [0.15, 0.2) is 0 Å². The molecule has 0 heterocycles. The first-order valence-electron chi connectivity index (χ1n) is 6.45. The van der Waals surface area contributed by atoms with Gasteiger partial charge < -0.3 is 0 Å². The molecule has 0 bridgehead atoms. The summed E-state index contributed by atoms with van der Waals surface area (Å²) in [6.07, 6.45) is 12.0. The molecule has 1 heteroatoms. The van der Waals surface area contributed by atoms with Crippen molar-refractivity contribution in [3.05, 3.63) is 0 Å². The van der Waals surface area contributed by atoms with Gasteiger partial charge in [-0.1, -0.05) is 76.9 Å². The molecule has 0 saturated heterocycles. The van der Waals surface area contributed by atoms with E-state index in [2.05, 4.69) is 13.8 Å². The van der Waals surface area contributed by atoms with Gasteiger partial charge in [0.2, 0.25) is 0 Å². The van der Waals surface area contributed by atoms with Crippen molar-refractivity contribution in [2.45, 2.75) is 76.9 Å². The second kappa shape index (κ2) is 5.83. The molecule has 0 aromatic heterocycles. The summed E-state index contributed by atoms with van der Waals surface area (Å²) in [7, 11) is 6.41. The fraction of sp³-hybridized carbons (Fsp3) is 1.00. The predicted octanol–water partition coefficient (Wildman–Crippen LogP) is 4.49. The van der Waals surface area contributed by atoms with Crippen LogP contribution in [-0.4, -0.2) is 7.85 Å². The molecule has 2 atom stereocenters. The smallest absolute Gasteiger partial charge is 0.0663 e. The van der Waals surface area contributed by atoms with Gasteiger partial charge in [-0.3, -0.25) is 0 Å². The molecule has 0 spiro atoms. The number of hydrogen-bond donors (Lipinski definition) is 0. The maximum Gasteiger partial charge on any atom is 0.0746 e. The summed E-state index contributed by atoms with van der Waals surface area (Å²) in [6.45, 7) is 4.63. The van der Waals surface area contributed by atoms with E-state index in [1.807, 2.05) is 0 Å². The summed E-state index contributed by atoms with van der Waals surface area (Å²) in [5.41, 5.74) is 0. The summed E-state index contributed by atoms with van der Waals surface area (Å²) in [5.74, 6) is 0.891. The molecule has 1 aliphatic rings. The third-order valence-corrected chi connectivity index (χ3v) is 3.96. The van der Waals surface area contributed by atoms with Crippen molar-refractivity contribution in [3.8, 4) is 0 Å². The Balaban J connectivity index is 2.44. The van der Waals surface area contributed by atoms with Gasteiger partial charge in [0.05, 0.1) is 7.85 Å². The van der Waals surface area contributed by atoms with Crippen molar-refractivity contribution in [3.63, 3.8) is 0 Å². The predicted molar refractivity (Wildman–Crippen MR) is 64.8 cm³/mol. The highest BCUT2D eigenvalue weighted by Crippen LogP contribution is 2.40. The molecule has 0 aromatic rings. The van der Waals surface area contributed by atoms with Crippen LogP contribution in [0.3, 0.4) is 0 Å². The van der Waals surface area contributed by atoms with E-state index < -0.39 is 0 Å². The second-order valence-electron chi connectivity index (χ2n) is 5.31. The van der Waals surface area contributed by atoms with Gasteiger partial charge in [0.1, 0.15) is 0 Å². The first-order chi connectivity index (χ1) is 6.66. The lowest BCUT2D eigenvalue weighted by molar-refractivity contribution is 0.350. The first kappa shape index (κ1) is 12.1. The SMILES string of the molecule is [B]C1(CC)CCCCCCC(C)CC1. The minimum atomic E-state index is 0.158. The van der Waals surface area contributed by atoms with Crippen LogP contribution in [0.4, 0.5) is 0 Å². The molecule has 1 aliphatic carbocycles. The van der Waals surface area contributed by atoms with Gasteiger partial charge in [0, 0.05) is 0 Å². The molecule has 1 fully saturated rings. The quantitative estimate of drug-likeness (QED) is 0.537. The van der Waals surface area contributed by atoms with E-state index >= 15 is 0 Å². The Morgan fingerprint density at radius 2 is 1.79 bits per heavy atom. The lowest BCUT2D eigenvalue weighted by Crippen LogP contribution is -2.14. The van der Waals surface area contributed by atoms with Crippen molar-refractivity contribution < 1.29 is 0 Å². The molecule has 2 unspecified atom stereocenters. The van der Waals surface area contributed by atoms with Gasteiger partial charge in [-0.25, -0.2) is 0 Å². The summed E-state index contributed by atoms with van der Waals surface area (Å²) in [6, 6.07) is 0. The summed E-state index contributed by atoms with van der Waals surface area (Å²) < 4.78 is 0. The standard InChI is InChI=1S/C13H25B/c1-3-13(14)10-7-5-4-6-8-12(2)9-11-13/h12H,3-11H2,1-2H3. The Hall–Kier alpha value is 0.0649. The van der Waals surface area contributed by atoms with Gasteiger partial charge in [0.25, 0.3) is 0 Å². The van der Waals surface area contributed by atoms with E-state index in [1.165, 1.54) is 51.4 Å². The molecule has 0 N–H and O–H groups in total. The normalized spacial score (nSPS) is 36.6. The minimum absolute atomic E-state index is 0.158. The molecule has 0 aromatic carbocycles. The highest BCUT2D eigenvalue weighted by atomic mass is 14.2. The molecule has 0 amide bonds. The zero-order chi connectivity index (χ0) is 10.4. The number of rotatable bonds is 1. The Bertz CT molecular complexity index is 155. The van der Waals surface area contributed by atoms with E-state index in [0.717, 1.165) is 12.3 Å². The lowest BCUT2D eigenvalue weighted by atomic mass is 9.60. The lowest BCUT2D eigenvalue weighted by Gasteiger charge is -2.31. The highest BCUT2D eigenvalue weighted by Gasteiger charge is 2.22. The van der Waals surface area contributed by atoms with Crippen molar-refractivity contribution in [1.29, 1.82) is 0 Å². The first-order valence-corrected chi connectivity index (χ1v) is 6.45. The van der Waals surface area contributed by atoms with Crippen LogP contribution >= 0.6 is 0 Å². The Morgan fingerprint density at radius 3 is 2.50 bits per heavy atom. The average Bonchev–Trinajstić information content (AvgIpc) is 2.20.